The molecule has 0 fully saturated rings. The fourth-order valence-corrected chi connectivity index (χ4v) is 1.59. The number of hydrogen-bond donors (Lipinski definition) is 4. The molecule has 90 valence electrons. The number of benzene rings is 1. The molecule has 1 aromatic heterocycles. The summed E-state index contributed by atoms with van der Waals surface area (Å²) in [5.41, 5.74) is 8.13. The first-order chi connectivity index (χ1) is 8.29. The van der Waals surface area contributed by atoms with Crippen LogP contribution in [0.1, 0.15) is 6.42 Å². The molecule has 0 saturated carbocycles. The Bertz CT molecular complexity index is 512. The van der Waals surface area contributed by atoms with Gasteiger partial charge in [-0.25, -0.2) is 0 Å². The average Bonchev–Trinajstić information content (AvgIpc) is 2.77. The summed E-state index contributed by atoms with van der Waals surface area (Å²) in [7, 11) is 0. The first-order valence-corrected chi connectivity index (χ1v) is 5.61. The van der Waals surface area contributed by atoms with E-state index < -0.39 is 0 Å². The first-order valence-electron chi connectivity index (χ1n) is 5.61. The van der Waals surface area contributed by atoms with Crippen LogP contribution in [0.5, 0.6) is 0 Å². The van der Waals surface area contributed by atoms with Crippen molar-refractivity contribution in [1.29, 1.82) is 0 Å². The lowest BCUT2D eigenvalue weighted by molar-refractivity contribution is 0.874. The first kappa shape index (κ1) is 11.5. The largest absolute Gasteiger partial charge is 0.385 e. The van der Waals surface area contributed by atoms with Gasteiger partial charge in [0.15, 0.2) is 0 Å². The topological polar surface area (TPSA) is 86.7 Å². The zero-order valence-corrected chi connectivity index (χ0v) is 9.49. The Kier molecular flexibility index (Phi) is 3.62. The standard InChI is InChI=1S/C12H16N4O/c13-6-1-7-14-10-4-2-9(3-5-10)11-8-12(17)16-15-11/h2-5,8,14H,1,6-7,13H2,(H2,15,16,17). The molecular weight excluding hydrogens is 216 g/mol. The van der Waals surface area contributed by atoms with Crippen molar-refractivity contribution in [1.82, 2.24) is 10.2 Å². The highest BCUT2D eigenvalue weighted by molar-refractivity contribution is 5.62. The van der Waals surface area contributed by atoms with Crippen LogP contribution in [0.2, 0.25) is 0 Å². The lowest BCUT2D eigenvalue weighted by atomic mass is 10.1. The van der Waals surface area contributed by atoms with Crippen molar-refractivity contribution in [3.63, 3.8) is 0 Å². The maximum atomic E-state index is 11.0. The van der Waals surface area contributed by atoms with Crippen molar-refractivity contribution in [3.05, 3.63) is 40.7 Å². The van der Waals surface area contributed by atoms with Crippen molar-refractivity contribution >= 4 is 5.69 Å². The van der Waals surface area contributed by atoms with Gasteiger partial charge in [-0.2, -0.15) is 0 Å². The monoisotopic (exact) mass is 232 g/mol. The molecule has 0 atom stereocenters. The van der Waals surface area contributed by atoms with E-state index >= 15 is 0 Å². The lowest BCUT2D eigenvalue weighted by Gasteiger charge is -2.05. The summed E-state index contributed by atoms with van der Waals surface area (Å²) in [6, 6.07) is 9.43. The van der Waals surface area contributed by atoms with Crippen LogP contribution >= 0.6 is 0 Å². The van der Waals surface area contributed by atoms with Gasteiger partial charge >= 0.3 is 0 Å². The Hall–Kier alpha value is -2.01. The fraction of sp³-hybridized carbons (Fsp3) is 0.250. The third kappa shape index (κ3) is 2.98. The molecule has 2 rings (SSSR count). The van der Waals surface area contributed by atoms with Gasteiger partial charge in [0.2, 0.25) is 0 Å². The van der Waals surface area contributed by atoms with E-state index in [9.17, 15) is 4.79 Å². The average molecular weight is 232 g/mol. The molecule has 0 amide bonds. The molecular formula is C12H16N4O. The highest BCUT2D eigenvalue weighted by atomic mass is 16.1. The van der Waals surface area contributed by atoms with Crippen molar-refractivity contribution in [2.75, 3.05) is 18.4 Å². The molecule has 5 heteroatoms. The number of rotatable bonds is 5. The number of H-pyrrole nitrogens is 2. The van der Waals surface area contributed by atoms with Gasteiger partial charge in [-0.15, -0.1) is 0 Å². The summed E-state index contributed by atoms with van der Waals surface area (Å²) in [6.07, 6.45) is 0.951. The van der Waals surface area contributed by atoms with E-state index in [0.717, 1.165) is 29.9 Å². The SMILES string of the molecule is NCCCNc1ccc(-c2cc(=O)[nH][nH]2)cc1. The minimum absolute atomic E-state index is 0.120. The molecule has 0 unspecified atom stereocenters. The minimum atomic E-state index is -0.120. The molecule has 0 radical (unpaired) electrons. The second kappa shape index (κ2) is 5.36. The number of anilines is 1. The smallest absolute Gasteiger partial charge is 0.264 e. The quantitative estimate of drug-likeness (QED) is 0.583. The summed E-state index contributed by atoms with van der Waals surface area (Å²) in [4.78, 5) is 11.0. The maximum Gasteiger partial charge on any atom is 0.264 e. The van der Waals surface area contributed by atoms with Crippen LogP contribution in [0.15, 0.2) is 35.1 Å². The molecule has 1 aromatic carbocycles. The van der Waals surface area contributed by atoms with Gasteiger partial charge in [-0.3, -0.25) is 15.0 Å². The van der Waals surface area contributed by atoms with Crippen LogP contribution in [-0.4, -0.2) is 23.3 Å². The second-order valence-electron chi connectivity index (χ2n) is 3.82. The summed E-state index contributed by atoms with van der Waals surface area (Å²) in [5.74, 6) is 0. The van der Waals surface area contributed by atoms with Gasteiger partial charge < -0.3 is 11.1 Å². The molecule has 5 nitrogen and oxygen atoms in total. The van der Waals surface area contributed by atoms with Crippen molar-refractivity contribution < 1.29 is 0 Å². The molecule has 0 spiro atoms. The minimum Gasteiger partial charge on any atom is -0.385 e. The number of nitrogens with two attached hydrogens (primary N) is 1. The number of aromatic nitrogens is 2. The Balaban J connectivity index is 2.05. The summed E-state index contributed by atoms with van der Waals surface area (Å²) in [6.45, 7) is 1.56. The van der Waals surface area contributed by atoms with Gasteiger partial charge in [0.1, 0.15) is 0 Å². The molecule has 0 bridgehead atoms. The molecule has 0 saturated heterocycles. The Morgan fingerprint density at radius 1 is 1.18 bits per heavy atom. The van der Waals surface area contributed by atoms with Crippen molar-refractivity contribution in [3.8, 4) is 11.3 Å². The molecule has 17 heavy (non-hydrogen) atoms. The summed E-state index contributed by atoms with van der Waals surface area (Å²) in [5, 5.41) is 8.60. The Labute approximate surface area is 99.0 Å². The van der Waals surface area contributed by atoms with E-state index in [0.29, 0.717) is 6.54 Å². The Morgan fingerprint density at radius 3 is 2.53 bits per heavy atom. The fourth-order valence-electron chi connectivity index (χ4n) is 1.59. The predicted molar refractivity (Wildman–Crippen MR) is 69.0 cm³/mol. The summed E-state index contributed by atoms with van der Waals surface area (Å²) >= 11 is 0. The third-order valence-corrected chi connectivity index (χ3v) is 2.50. The van der Waals surface area contributed by atoms with Gasteiger partial charge in [-0.1, -0.05) is 12.1 Å². The van der Waals surface area contributed by atoms with E-state index in [1.807, 2.05) is 24.3 Å². The highest BCUT2D eigenvalue weighted by Gasteiger charge is 2.00. The van der Waals surface area contributed by atoms with Gasteiger partial charge in [-0.05, 0) is 30.7 Å². The van der Waals surface area contributed by atoms with Crippen molar-refractivity contribution in [2.45, 2.75) is 6.42 Å². The van der Waals surface area contributed by atoms with E-state index in [-0.39, 0.29) is 5.56 Å². The normalized spacial score (nSPS) is 10.4. The lowest BCUT2D eigenvalue weighted by Crippen LogP contribution is -2.08. The molecule has 0 aliphatic heterocycles. The van der Waals surface area contributed by atoms with Crippen molar-refractivity contribution in [2.24, 2.45) is 5.73 Å². The van der Waals surface area contributed by atoms with E-state index in [1.54, 1.807) is 0 Å². The number of aromatic amines is 2. The van der Waals surface area contributed by atoms with Crippen LogP contribution in [0.25, 0.3) is 11.3 Å². The van der Waals surface area contributed by atoms with E-state index in [1.165, 1.54) is 6.07 Å². The highest BCUT2D eigenvalue weighted by Crippen LogP contribution is 2.17. The van der Waals surface area contributed by atoms with E-state index in [4.69, 9.17) is 5.73 Å². The zero-order valence-electron chi connectivity index (χ0n) is 9.49. The molecule has 1 heterocycles. The van der Waals surface area contributed by atoms with E-state index in [2.05, 4.69) is 15.5 Å². The second-order valence-corrected chi connectivity index (χ2v) is 3.82. The molecule has 5 N–H and O–H groups in total. The molecule has 0 aliphatic carbocycles. The van der Waals surface area contributed by atoms with Crippen LogP contribution in [0, 0.1) is 0 Å². The van der Waals surface area contributed by atoms with Crippen LogP contribution in [-0.2, 0) is 0 Å². The number of hydrogen-bond acceptors (Lipinski definition) is 3. The van der Waals surface area contributed by atoms with Crippen LogP contribution in [0.4, 0.5) is 5.69 Å². The van der Waals surface area contributed by atoms with Crippen LogP contribution < -0.4 is 16.6 Å². The molecule has 2 aromatic rings. The van der Waals surface area contributed by atoms with Crippen LogP contribution in [0.3, 0.4) is 0 Å². The third-order valence-electron chi connectivity index (χ3n) is 2.50. The Morgan fingerprint density at radius 2 is 1.94 bits per heavy atom. The maximum absolute atomic E-state index is 11.0. The van der Waals surface area contributed by atoms with Gasteiger partial charge in [0.25, 0.3) is 5.56 Å². The van der Waals surface area contributed by atoms with Gasteiger partial charge in [0.05, 0.1) is 5.69 Å². The van der Waals surface area contributed by atoms with Gasteiger partial charge in [0, 0.05) is 18.3 Å². The summed E-state index contributed by atoms with van der Waals surface area (Å²) < 4.78 is 0. The zero-order chi connectivity index (χ0) is 12.1. The molecule has 0 aliphatic rings. The number of nitrogens with one attached hydrogen (secondary N) is 3. The predicted octanol–water partition coefficient (Wildman–Crippen LogP) is 1.13.